The zero-order chi connectivity index (χ0) is 17.4. The zero-order valence-electron chi connectivity index (χ0n) is 13.7. The lowest BCUT2D eigenvalue weighted by atomic mass is 9.93. The predicted molar refractivity (Wildman–Crippen MR) is 94.8 cm³/mol. The van der Waals surface area contributed by atoms with E-state index >= 15 is 0 Å². The molecule has 25 heavy (non-hydrogen) atoms. The first-order valence-electron chi connectivity index (χ1n) is 8.34. The zero-order valence-corrected chi connectivity index (χ0v) is 13.7. The minimum atomic E-state index is -0.347. The molecule has 0 unspecified atom stereocenters. The smallest absolute Gasteiger partial charge is 0.255 e. The Morgan fingerprint density at radius 3 is 2.72 bits per heavy atom. The predicted octanol–water partition coefficient (Wildman–Crippen LogP) is 3.54. The van der Waals surface area contributed by atoms with Gasteiger partial charge in [0.15, 0.2) is 0 Å². The molecule has 1 heterocycles. The summed E-state index contributed by atoms with van der Waals surface area (Å²) in [6, 6.07) is 17.7. The Kier molecular flexibility index (Phi) is 3.98. The molecular weight excluding hydrogens is 317 g/mol. The van der Waals surface area contributed by atoms with Crippen LogP contribution in [0, 0.1) is 5.82 Å². The van der Waals surface area contributed by atoms with E-state index in [4.69, 9.17) is 0 Å². The van der Waals surface area contributed by atoms with Crippen molar-refractivity contribution in [2.24, 2.45) is 0 Å². The van der Waals surface area contributed by atoms with Crippen LogP contribution in [0.3, 0.4) is 0 Å². The molecular formula is C21H18FNO2. The summed E-state index contributed by atoms with van der Waals surface area (Å²) in [5.74, 6) is -0.393. The maximum Gasteiger partial charge on any atom is 0.255 e. The molecule has 4 heteroatoms. The van der Waals surface area contributed by atoms with Gasteiger partial charge in [-0.1, -0.05) is 42.5 Å². The van der Waals surface area contributed by atoms with Gasteiger partial charge in [0.05, 0.1) is 12.6 Å². The van der Waals surface area contributed by atoms with Crippen LogP contribution in [-0.4, -0.2) is 28.6 Å². The van der Waals surface area contributed by atoms with Gasteiger partial charge in [-0.15, -0.1) is 0 Å². The SMILES string of the molecule is O=C(c1cccc2ccccc12)N1Cc2ccc(F)cc2C[C@H]1CO. The Morgan fingerprint density at radius 1 is 1.08 bits per heavy atom. The lowest BCUT2D eigenvalue weighted by molar-refractivity contribution is 0.0546. The minimum Gasteiger partial charge on any atom is -0.394 e. The molecule has 0 aromatic heterocycles. The van der Waals surface area contributed by atoms with Gasteiger partial charge in [0.1, 0.15) is 5.82 Å². The van der Waals surface area contributed by atoms with Crippen LogP contribution in [-0.2, 0) is 13.0 Å². The number of aliphatic hydroxyl groups excluding tert-OH is 1. The van der Waals surface area contributed by atoms with Crippen molar-refractivity contribution < 1.29 is 14.3 Å². The number of benzene rings is 3. The van der Waals surface area contributed by atoms with Crippen molar-refractivity contribution in [2.45, 2.75) is 19.0 Å². The van der Waals surface area contributed by atoms with Gasteiger partial charge in [-0.3, -0.25) is 4.79 Å². The highest BCUT2D eigenvalue weighted by molar-refractivity contribution is 6.07. The van der Waals surface area contributed by atoms with Crippen molar-refractivity contribution in [3.8, 4) is 0 Å². The third-order valence-corrected chi connectivity index (χ3v) is 4.90. The maximum atomic E-state index is 13.5. The first kappa shape index (κ1) is 15.8. The second-order valence-electron chi connectivity index (χ2n) is 6.41. The summed E-state index contributed by atoms with van der Waals surface area (Å²) >= 11 is 0. The summed E-state index contributed by atoms with van der Waals surface area (Å²) in [5.41, 5.74) is 2.42. The van der Waals surface area contributed by atoms with Crippen LogP contribution < -0.4 is 0 Å². The number of halogens is 1. The highest BCUT2D eigenvalue weighted by atomic mass is 19.1. The van der Waals surface area contributed by atoms with Gasteiger partial charge in [-0.2, -0.15) is 0 Å². The third-order valence-electron chi connectivity index (χ3n) is 4.90. The number of rotatable bonds is 2. The molecule has 0 bridgehead atoms. The number of amides is 1. The highest BCUT2D eigenvalue weighted by Gasteiger charge is 2.30. The number of fused-ring (bicyclic) bond motifs is 2. The van der Waals surface area contributed by atoms with Gasteiger partial charge in [-0.25, -0.2) is 4.39 Å². The molecule has 4 rings (SSSR count). The highest BCUT2D eigenvalue weighted by Crippen LogP contribution is 2.27. The van der Waals surface area contributed by atoms with Crippen LogP contribution in [0.2, 0.25) is 0 Å². The molecule has 1 amide bonds. The molecule has 0 saturated carbocycles. The molecule has 0 saturated heterocycles. The van der Waals surface area contributed by atoms with Crippen LogP contribution in [0.5, 0.6) is 0 Å². The van der Waals surface area contributed by atoms with E-state index in [1.54, 1.807) is 11.0 Å². The second-order valence-corrected chi connectivity index (χ2v) is 6.41. The summed E-state index contributed by atoms with van der Waals surface area (Å²) in [7, 11) is 0. The quantitative estimate of drug-likeness (QED) is 0.778. The van der Waals surface area contributed by atoms with Crippen molar-refractivity contribution in [2.75, 3.05) is 6.61 Å². The Labute approximate surface area is 145 Å². The lowest BCUT2D eigenvalue weighted by Crippen LogP contribution is -2.46. The van der Waals surface area contributed by atoms with Gasteiger partial charge in [-0.05, 0) is 46.5 Å². The van der Waals surface area contributed by atoms with Crippen molar-refractivity contribution in [1.29, 1.82) is 0 Å². The number of hydrogen-bond acceptors (Lipinski definition) is 2. The van der Waals surface area contributed by atoms with E-state index in [0.29, 0.717) is 18.5 Å². The van der Waals surface area contributed by atoms with E-state index in [0.717, 1.165) is 21.9 Å². The molecule has 1 aliphatic heterocycles. The van der Waals surface area contributed by atoms with Crippen LogP contribution in [0.1, 0.15) is 21.5 Å². The molecule has 1 aliphatic rings. The molecule has 3 aromatic rings. The van der Waals surface area contributed by atoms with E-state index in [-0.39, 0.29) is 24.4 Å². The lowest BCUT2D eigenvalue weighted by Gasteiger charge is -2.36. The number of hydrogen-bond donors (Lipinski definition) is 1. The van der Waals surface area contributed by atoms with E-state index in [9.17, 15) is 14.3 Å². The van der Waals surface area contributed by atoms with Gasteiger partial charge in [0.25, 0.3) is 5.91 Å². The molecule has 0 radical (unpaired) electrons. The number of nitrogens with zero attached hydrogens (tertiary/aromatic N) is 1. The summed E-state index contributed by atoms with van der Waals surface area (Å²) in [6.07, 6.45) is 0.458. The molecule has 3 nitrogen and oxygen atoms in total. The molecule has 1 N–H and O–H groups in total. The summed E-state index contributed by atoms with van der Waals surface area (Å²) in [5, 5.41) is 11.7. The first-order chi connectivity index (χ1) is 12.2. The van der Waals surface area contributed by atoms with Crippen LogP contribution in [0.25, 0.3) is 10.8 Å². The van der Waals surface area contributed by atoms with Gasteiger partial charge >= 0.3 is 0 Å². The first-order valence-corrected chi connectivity index (χ1v) is 8.34. The largest absolute Gasteiger partial charge is 0.394 e. The topological polar surface area (TPSA) is 40.5 Å². The van der Waals surface area contributed by atoms with E-state index in [2.05, 4.69) is 0 Å². The molecule has 0 fully saturated rings. The fourth-order valence-corrected chi connectivity index (χ4v) is 3.58. The molecule has 3 aromatic carbocycles. The second kappa shape index (κ2) is 6.30. The van der Waals surface area contributed by atoms with E-state index in [1.807, 2.05) is 42.5 Å². The Hall–Kier alpha value is -2.72. The maximum absolute atomic E-state index is 13.5. The Balaban J connectivity index is 1.74. The number of aliphatic hydroxyl groups is 1. The van der Waals surface area contributed by atoms with Gasteiger partial charge in [0.2, 0.25) is 0 Å². The van der Waals surface area contributed by atoms with Crippen LogP contribution in [0.4, 0.5) is 4.39 Å². The standard InChI is InChI=1S/C21H18FNO2/c22-17-9-8-15-12-23(18(13-24)11-16(15)10-17)21(25)20-7-3-5-14-4-1-2-6-19(14)20/h1-10,18,24H,11-13H2/t18-/m0/s1. The number of carbonyl (C=O) groups excluding carboxylic acids is 1. The molecule has 0 aliphatic carbocycles. The van der Waals surface area contributed by atoms with Crippen LogP contribution in [0.15, 0.2) is 60.7 Å². The molecule has 1 atom stereocenters. The summed E-state index contributed by atoms with van der Waals surface area (Å²) < 4.78 is 13.5. The minimum absolute atomic E-state index is 0.106. The summed E-state index contributed by atoms with van der Waals surface area (Å²) in [4.78, 5) is 14.9. The van der Waals surface area contributed by atoms with Crippen molar-refractivity contribution in [3.63, 3.8) is 0 Å². The number of carbonyl (C=O) groups is 1. The Morgan fingerprint density at radius 2 is 1.88 bits per heavy atom. The summed E-state index contributed by atoms with van der Waals surface area (Å²) in [6.45, 7) is 0.232. The average molecular weight is 335 g/mol. The van der Waals surface area contributed by atoms with Crippen molar-refractivity contribution >= 4 is 16.7 Å². The monoisotopic (exact) mass is 335 g/mol. The van der Waals surface area contributed by atoms with Gasteiger partial charge in [0, 0.05) is 12.1 Å². The van der Waals surface area contributed by atoms with E-state index < -0.39 is 0 Å². The fraction of sp³-hybridized carbons (Fsp3) is 0.190. The fourth-order valence-electron chi connectivity index (χ4n) is 3.58. The van der Waals surface area contributed by atoms with Crippen molar-refractivity contribution in [1.82, 2.24) is 4.90 Å². The molecule has 0 spiro atoms. The van der Waals surface area contributed by atoms with E-state index in [1.165, 1.54) is 12.1 Å². The van der Waals surface area contributed by atoms with Crippen molar-refractivity contribution in [3.05, 3.63) is 83.2 Å². The van der Waals surface area contributed by atoms with Gasteiger partial charge < -0.3 is 10.0 Å². The normalized spacial score (nSPS) is 16.7. The average Bonchev–Trinajstić information content (AvgIpc) is 2.65. The van der Waals surface area contributed by atoms with Crippen LogP contribution >= 0.6 is 0 Å². The third kappa shape index (κ3) is 2.79. The molecule has 126 valence electrons. The Bertz CT molecular complexity index is 948.